The number of phenols is 2. The van der Waals surface area contributed by atoms with Crippen LogP contribution in [0, 0.1) is 0 Å². The van der Waals surface area contributed by atoms with E-state index in [1.54, 1.807) is 12.1 Å². The standard InChI is InChI=1S/C17H16O6/c1-21-14-5-9(6-15(22-2)17(14)20)12-8-23-13-7-10(18)3-4-11(13)16(12)19/h3-7,12,18,20H,8H2,1-2H3/t12-/m1/s1. The fourth-order valence-corrected chi connectivity index (χ4v) is 2.63. The van der Waals surface area contributed by atoms with Crippen LogP contribution < -0.4 is 14.2 Å². The summed E-state index contributed by atoms with van der Waals surface area (Å²) in [5, 5.41) is 19.4. The number of fused-ring (bicyclic) bond motifs is 1. The summed E-state index contributed by atoms with van der Waals surface area (Å²) in [7, 11) is 2.85. The maximum atomic E-state index is 12.7. The van der Waals surface area contributed by atoms with Crippen LogP contribution in [0.5, 0.6) is 28.7 Å². The summed E-state index contributed by atoms with van der Waals surface area (Å²) in [4.78, 5) is 12.7. The summed E-state index contributed by atoms with van der Waals surface area (Å²) >= 11 is 0. The van der Waals surface area contributed by atoms with Gasteiger partial charge < -0.3 is 24.4 Å². The first kappa shape index (κ1) is 15.0. The molecule has 3 rings (SSSR count). The molecule has 1 aliphatic heterocycles. The SMILES string of the molecule is COc1cc([C@H]2COc3cc(O)ccc3C2=O)cc(OC)c1O. The van der Waals surface area contributed by atoms with Crippen LogP contribution >= 0.6 is 0 Å². The molecule has 0 radical (unpaired) electrons. The first-order chi connectivity index (χ1) is 11.0. The summed E-state index contributed by atoms with van der Waals surface area (Å²) in [5.41, 5.74) is 1.03. The number of hydrogen-bond donors (Lipinski definition) is 2. The largest absolute Gasteiger partial charge is 0.508 e. The Morgan fingerprint density at radius 2 is 1.74 bits per heavy atom. The van der Waals surface area contributed by atoms with Gasteiger partial charge in [-0.1, -0.05) is 0 Å². The molecule has 0 saturated carbocycles. The number of aromatic hydroxyl groups is 2. The van der Waals surface area contributed by atoms with Crippen LogP contribution in [-0.4, -0.2) is 36.8 Å². The molecule has 1 heterocycles. The lowest BCUT2D eigenvalue weighted by Crippen LogP contribution is -2.26. The summed E-state index contributed by atoms with van der Waals surface area (Å²) in [6, 6.07) is 7.58. The van der Waals surface area contributed by atoms with Crippen LogP contribution in [0.25, 0.3) is 0 Å². The Bertz CT molecular complexity index is 743. The highest BCUT2D eigenvalue weighted by Gasteiger charge is 2.31. The molecule has 6 heteroatoms. The Labute approximate surface area is 132 Å². The molecule has 0 fully saturated rings. The molecule has 1 aliphatic rings. The van der Waals surface area contributed by atoms with Crippen molar-refractivity contribution in [1.82, 2.24) is 0 Å². The van der Waals surface area contributed by atoms with E-state index in [-0.39, 0.29) is 35.4 Å². The van der Waals surface area contributed by atoms with Crippen LogP contribution in [0.15, 0.2) is 30.3 Å². The molecule has 0 unspecified atom stereocenters. The van der Waals surface area contributed by atoms with Crippen molar-refractivity contribution in [2.24, 2.45) is 0 Å². The van der Waals surface area contributed by atoms with Gasteiger partial charge in [0.25, 0.3) is 0 Å². The molecular formula is C17H16O6. The van der Waals surface area contributed by atoms with Gasteiger partial charge in [-0.25, -0.2) is 0 Å². The summed E-state index contributed by atoms with van der Waals surface area (Å²) in [5.74, 6) is 0.0731. The lowest BCUT2D eigenvalue weighted by molar-refractivity contribution is 0.0896. The minimum Gasteiger partial charge on any atom is -0.508 e. The van der Waals surface area contributed by atoms with Crippen molar-refractivity contribution < 1.29 is 29.2 Å². The first-order valence-corrected chi connectivity index (χ1v) is 7.00. The van der Waals surface area contributed by atoms with Gasteiger partial charge in [0, 0.05) is 6.07 Å². The van der Waals surface area contributed by atoms with Crippen LogP contribution in [0.3, 0.4) is 0 Å². The smallest absolute Gasteiger partial charge is 0.200 e. The van der Waals surface area contributed by atoms with Crippen molar-refractivity contribution in [2.75, 3.05) is 20.8 Å². The molecule has 23 heavy (non-hydrogen) atoms. The number of phenolic OH excluding ortho intramolecular Hbond substituents is 2. The van der Waals surface area contributed by atoms with E-state index in [1.807, 2.05) is 0 Å². The highest BCUT2D eigenvalue weighted by Crippen LogP contribution is 2.41. The molecule has 0 aliphatic carbocycles. The van der Waals surface area contributed by atoms with Crippen molar-refractivity contribution in [3.05, 3.63) is 41.5 Å². The van der Waals surface area contributed by atoms with Gasteiger partial charge in [-0.05, 0) is 29.8 Å². The predicted molar refractivity (Wildman–Crippen MR) is 81.9 cm³/mol. The van der Waals surface area contributed by atoms with Crippen LogP contribution in [0.1, 0.15) is 21.8 Å². The molecule has 0 saturated heterocycles. The molecule has 0 spiro atoms. The van der Waals surface area contributed by atoms with E-state index in [2.05, 4.69) is 0 Å². The van der Waals surface area contributed by atoms with E-state index >= 15 is 0 Å². The zero-order valence-electron chi connectivity index (χ0n) is 12.7. The molecule has 1 atom stereocenters. The molecule has 2 aromatic rings. The number of ketones is 1. The minimum absolute atomic E-state index is 0.0444. The molecule has 6 nitrogen and oxygen atoms in total. The van der Waals surface area contributed by atoms with E-state index in [0.29, 0.717) is 16.9 Å². The number of hydrogen-bond acceptors (Lipinski definition) is 6. The molecule has 0 bridgehead atoms. The topological polar surface area (TPSA) is 85.2 Å². The maximum Gasteiger partial charge on any atom is 0.200 e. The van der Waals surface area contributed by atoms with Crippen LogP contribution in [0.2, 0.25) is 0 Å². The van der Waals surface area contributed by atoms with Gasteiger partial charge >= 0.3 is 0 Å². The number of Topliss-reactive ketones (excluding diaryl/α,β-unsaturated/α-hetero) is 1. The molecule has 2 N–H and O–H groups in total. The molecular weight excluding hydrogens is 300 g/mol. The van der Waals surface area contributed by atoms with Crippen molar-refractivity contribution in [3.63, 3.8) is 0 Å². The van der Waals surface area contributed by atoms with Gasteiger partial charge in [0.2, 0.25) is 5.75 Å². The number of methoxy groups -OCH3 is 2. The number of carbonyl (C=O) groups excluding carboxylic acids is 1. The van der Waals surface area contributed by atoms with Gasteiger partial charge in [-0.2, -0.15) is 0 Å². The molecule has 0 amide bonds. The normalized spacial score (nSPS) is 16.4. The second-order valence-electron chi connectivity index (χ2n) is 5.18. The van der Waals surface area contributed by atoms with E-state index in [0.717, 1.165) is 0 Å². The fraction of sp³-hybridized carbons (Fsp3) is 0.235. The van der Waals surface area contributed by atoms with Gasteiger partial charge in [0.15, 0.2) is 17.3 Å². The zero-order valence-corrected chi connectivity index (χ0v) is 12.7. The lowest BCUT2D eigenvalue weighted by atomic mass is 9.88. The molecule has 120 valence electrons. The van der Waals surface area contributed by atoms with E-state index in [4.69, 9.17) is 14.2 Å². The fourth-order valence-electron chi connectivity index (χ4n) is 2.63. The van der Waals surface area contributed by atoms with E-state index in [9.17, 15) is 15.0 Å². The second kappa shape index (κ2) is 5.72. The average molecular weight is 316 g/mol. The van der Waals surface area contributed by atoms with Crippen molar-refractivity contribution in [3.8, 4) is 28.7 Å². The second-order valence-corrected chi connectivity index (χ2v) is 5.18. The quantitative estimate of drug-likeness (QED) is 0.905. The Kier molecular flexibility index (Phi) is 3.73. The third-order valence-corrected chi connectivity index (χ3v) is 3.86. The third kappa shape index (κ3) is 2.52. The Balaban J connectivity index is 2.03. The van der Waals surface area contributed by atoms with Gasteiger partial charge in [-0.15, -0.1) is 0 Å². The Hall–Kier alpha value is -2.89. The minimum atomic E-state index is -0.546. The van der Waals surface area contributed by atoms with Crippen molar-refractivity contribution in [1.29, 1.82) is 0 Å². The third-order valence-electron chi connectivity index (χ3n) is 3.86. The average Bonchev–Trinajstić information content (AvgIpc) is 2.55. The number of rotatable bonds is 3. The van der Waals surface area contributed by atoms with Gasteiger partial charge in [0.05, 0.1) is 25.7 Å². The number of benzene rings is 2. The predicted octanol–water partition coefficient (Wildman–Crippen LogP) is 2.47. The van der Waals surface area contributed by atoms with Crippen LogP contribution in [0.4, 0.5) is 0 Å². The highest BCUT2D eigenvalue weighted by molar-refractivity contribution is 6.04. The zero-order chi connectivity index (χ0) is 16.6. The molecule has 2 aromatic carbocycles. The summed E-state index contributed by atoms with van der Waals surface area (Å²) in [6.45, 7) is 0.131. The van der Waals surface area contributed by atoms with Crippen molar-refractivity contribution in [2.45, 2.75) is 5.92 Å². The Morgan fingerprint density at radius 1 is 1.09 bits per heavy atom. The van der Waals surface area contributed by atoms with Gasteiger partial charge in [0.1, 0.15) is 18.1 Å². The maximum absolute atomic E-state index is 12.7. The van der Waals surface area contributed by atoms with E-state index < -0.39 is 5.92 Å². The summed E-state index contributed by atoms with van der Waals surface area (Å²) in [6.07, 6.45) is 0. The van der Waals surface area contributed by atoms with Crippen molar-refractivity contribution >= 4 is 5.78 Å². The van der Waals surface area contributed by atoms with E-state index in [1.165, 1.54) is 32.4 Å². The monoisotopic (exact) mass is 316 g/mol. The Morgan fingerprint density at radius 3 is 2.35 bits per heavy atom. The van der Waals surface area contributed by atoms with Gasteiger partial charge in [-0.3, -0.25) is 4.79 Å². The highest BCUT2D eigenvalue weighted by atomic mass is 16.5. The lowest BCUT2D eigenvalue weighted by Gasteiger charge is -2.25. The molecule has 0 aromatic heterocycles. The first-order valence-electron chi connectivity index (χ1n) is 7.00. The number of ether oxygens (including phenoxy) is 3. The number of carbonyl (C=O) groups is 1. The summed E-state index contributed by atoms with van der Waals surface area (Å²) < 4.78 is 15.8. The van der Waals surface area contributed by atoms with Crippen LogP contribution in [-0.2, 0) is 0 Å².